The fraction of sp³-hybridized carbons (Fsp3) is 0.667. The van der Waals surface area contributed by atoms with Crippen molar-refractivity contribution in [3.63, 3.8) is 0 Å². The van der Waals surface area contributed by atoms with Gasteiger partial charge in [-0.05, 0) is 11.8 Å². The number of carbonyl (C=O) groups is 1. The Labute approximate surface area is 65.4 Å². The number of aliphatic hydroxyl groups is 1. The average Bonchev–Trinajstić information content (AvgIpc) is 1.91. The minimum Gasteiger partial charge on any atom is -0.377 e. The van der Waals surface area contributed by atoms with Crippen LogP contribution in [0.2, 0.25) is 0 Å². The molecule has 0 radical (unpaired) electrons. The van der Waals surface area contributed by atoms with E-state index in [4.69, 9.17) is 5.11 Å². The Bertz CT molecular complexity index is 127. The lowest BCUT2D eigenvalue weighted by atomic mass is 10.1. The zero-order valence-electron chi connectivity index (χ0n) is 5.83. The maximum absolute atomic E-state index is 10.8. The van der Waals surface area contributed by atoms with E-state index in [0.29, 0.717) is 6.42 Å². The topological polar surface area (TPSA) is 49.3 Å². The van der Waals surface area contributed by atoms with Crippen LogP contribution in [-0.4, -0.2) is 23.1 Å². The summed E-state index contributed by atoms with van der Waals surface area (Å²) in [6, 6.07) is 0. The third-order valence-electron chi connectivity index (χ3n) is 1.19. The highest BCUT2D eigenvalue weighted by atomic mass is 32.1. The van der Waals surface area contributed by atoms with E-state index in [-0.39, 0.29) is 18.6 Å². The van der Waals surface area contributed by atoms with Crippen molar-refractivity contribution < 1.29 is 9.90 Å². The molecule has 0 aromatic rings. The molecule has 4 heteroatoms. The van der Waals surface area contributed by atoms with E-state index in [1.165, 1.54) is 5.37 Å². The number of hydrogen-bond acceptors (Lipinski definition) is 3. The number of nitrogens with one attached hydrogen (secondary N) is 1. The molecule has 1 amide bonds. The Morgan fingerprint density at radius 3 is 2.80 bits per heavy atom. The molecule has 0 rings (SSSR count). The van der Waals surface area contributed by atoms with Gasteiger partial charge in [-0.25, -0.2) is 0 Å². The Kier molecular flexibility index (Phi) is 5.06. The Morgan fingerprint density at radius 2 is 2.50 bits per heavy atom. The van der Waals surface area contributed by atoms with Gasteiger partial charge in [0.05, 0.1) is 5.92 Å². The summed E-state index contributed by atoms with van der Waals surface area (Å²) in [5.41, 5.74) is 0. The van der Waals surface area contributed by atoms with Crippen LogP contribution >= 0.6 is 12.2 Å². The monoisotopic (exact) mass is 161 g/mol. The minimum absolute atomic E-state index is 0.208. The highest BCUT2D eigenvalue weighted by Gasteiger charge is 2.10. The summed E-state index contributed by atoms with van der Waals surface area (Å²) in [5.74, 6) is -0.456. The molecule has 0 aromatic carbocycles. The smallest absolute Gasteiger partial charge is 0.229 e. The molecular weight excluding hydrogens is 150 g/mol. The minimum atomic E-state index is -0.321. The Balaban J connectivity index is 3.76. The van der Waals surface area contributed by atoms with Gasteiger partial charge >= 0.3 is 0 Å². The number of carbonyl (C=O) groups excluding carboxylic acids is 1. The fourth-order valence-corrected chi connectivity index (χ4v) is 0.868. The lowest BCUT2D eigenvalue weighted by molar-refractivity contribution is -0.124. The molecule has 3 nitrogen and oxygen atoms in total. The lowest BCUT2D eigenvalue weighted by Gasteiger charge is -2.06. The Morgan fingerprint density at radius 1 is 1.90 bits per heavy atom. The summed E-state index contributed by atoms with van der Waals surface area (Å²) < 4.78 is 0. The summed E-state index contributed by atoms with van der Waals surface area (Å²) in [4.78, 5) is 10.8. The van der Waals surface area contributed by atoms with Crippen LogP contribution in [0.3, 0.4) is 0 Å². The summed E-state index contributed by atoms with van der Waals surface area (Å²) in [6.07, 6.45) is 0.676. The highest BCUT2D eigenvalue weighted by Crippen LogP contribution is 1.97. The first-order chi connectivity index (χ1) is 4.76. The van der Waals surface area contributed by atoms with Gasteiger partial charge in [-0.2, -0.15) is 0 Å². The van der Waals surface area contributed by atoms with Crippen LogP contribution in [0, 0.1) is 5.92 Å². The van der Waals surface area contributed by atoms with Crippen molar-refractivity contribution in [3.05, 3.63) is 0 Å². The highest BCUT2D eigenvalue weighted by molar-refractivity contribution is 7.79. The molecule has 0 aromatic heterocycles. The van der Waals surface area contributed by atoms with Crippen molar-refractivity contribution >= 4 is 23.5 Å². The SMILES string of the molecule is CCC(C=S)C(=O)NCO. The second kappa shape index (κ2) is 5.32. The first kappa shape index (κ1) is 9.52. The number of thiocarbonyl (C=S) groups is 1. The number of amides is 1. The van der Waals surface area contributed by atoms with E-state index >= 15 is 0 Å². The van der Waals surface area contributed by atoms with Crippen LogP contribution in [0.5, 0.6) is 0 Å². The lowest BCUT2D eigenvalue weighted by Crippen LogP contribution is -2.31. The van der Waals surface area contributed by atoms with Crippen molar-refractivity contribution in [3.8, 4) is 0 Å². The molecule has 1 atom stereocenters. The molecular formula is C6H11NO2S. The van der Waals surface area contributed by atoms with Gasteiger partial charge in [0.25, 0.3) is 0 Å². The van der Waals surface area contributed by atoms with Gasteiger partial charge in [0, 0.05) is 0 Å². The molecule has 0 bridgehead atoms. The zero-order chi connectivity index (χ0) is 7.98. The van der Waals surface area contributed by atoms with Gasteiger partial charge in [-0.3, -0.25) is 4.79 Å². The summed E-state index contributed by atoms with van der Waals surface area (Å²) in [7, 11) is 0. The molecule has 0 aliphatic rings. The van der Waals surface area contributed by atoms with Gasteiger partial charge in [0.1, 0.15) is 6.73 Å². The quantitative estimate of drug-likeness (QED) is 0.453. The van der Waals surface area contributed by atoms with Gasteiger partial charge in [0.2, 0.25) is 5.91 Å². The zero-order valence-corrected chi connectivity index (χ0v) is 6.65. The first-order valence-electron chi connectivity index (χ1n) is 3.10. The molecule has 0 saturated heterocycles. The van der Waals surface area contributed by atoms with E-state index in [9.17, 15) is 4.79 Å². The van der Waals surface area contributed by atoms with Crippen molar-refractivity contribution in [1.82, 2.24) is 5.32 Å². The van der Waals surface area contributed by atoms with Crippen molar-refractivity contribution in [1.29, 1.82) is 0 Å². The van der Waals surface area contributed by atoms with E-state index in [1.807, 2.05) is 6.92 Å². The van der Waals surface area contributed by atoms with Gasteiger partial charge < -0.3 is 10.4 Å². The van der Waals surface area contributed by atoms with E-state index in [1.54, 1.807) is 0 Å². The maximum atomic E-state index is 10.8. The molecule has 0 spiro atoms. The molecule has 10 heavy (non-hydrogen) atoms. The second-order valence-corrected chi connectivity index (χ2v) is 2.12. The van der Waals surface area contributed by atoms with Crippen molar-refractivity contribution in [2.24, 2.45) is 5.92 Å². The van der Waals surface area contributed by atoms with Gasteiger partial charge in [0.15, 0.2) is 0 Å². The van der Waals surface area contributed by atoms with Crippen LogP contribution < -0.4 is 5.32 Å². The third-order valence-corrected chi connectivity index (χ3v) is 1.52. The second-order valence-electron chi connectivity index (χ2n) is 1.85. The van der Waals surface area contributed by atoms with Crippen LogP contribution in [0.4, 0.5) is 0 Å². The number of rotatable bonds is 4. The normalized spacial score (nSPS) is 12.2. The molecule has 1 unspecified atom stereocenters. The predicted molar refractivity (Wildman–Crippen MR) is 42.7 cm³/mol. The summed E-state index contributed by atoms with van der Waals surface area (Å²) in [6.45, 7) is 1.54. The van der Waals surface area contributed by atoms with E-state index in [0.717, 1.165) is 0 Å². The van der Waals surface area contributed by atoms with E-state index < -0.39 is 0 Å². The largest absolute Gasteiger partial charge is 0.377 e. The van der Waals surface area contributed by atoms with Gasteiger partial charge in [-0.15, -0.1) is 0 Å². The predicted octanol–water partition coefficient (Wildman–Crippen LogP) is 0.0783. The van der Waals surface area contributed by atoms with Crippen LogP contribution in [0.1, 0.15) is 13.3 Å². The molecule has 0 aliphatic carbocycles. The van der Waals surface area contributed by atoms with E-state index in [2.05, 4.69) is 17.5 Å². The summed E-state index contributed by atoms with van der Waals surface area (Å²) in [5, 5.41) is 12.0. The Hall–Kier alpha value is -0.480. The summed E-state index contributed by atoms with van der Waals surface area (Å²) >= 11 is 4.60. The number of hydrogen-bond donors (Lipinski definition) is 2. The van der Waals surface area contributed by atoms with Crippen LogP contribution in [-0.2, 0) is 4.79 Å². The molecule has 0 heterocycles. The molecule has 0 fully saturated rings. The average molecular weight is 161 g/mol. The standard InChI is InChI=1S/C6H11NO2S/c1-2-5(3-10)6(9)7-4-8/h3,5,8H,2,4H2,1H3,(H,7,9). The van der Waals surface area contributed by atoms with Crippen LogP contribution in [0.25, 0.3) is 0 Å². The molecule has 2 N–H and O–H groups in total. The third kappa shape index (κ3) is 2.89. The van der Waals surface area contributed by atoms with Crippen molar-refractivity contribution in [2.45, 2.75) is 13.3 Å². The fourth-order valence-electron chi connectivity index (χ4n) is 0.552. The maximum Gasteiger partial charge on any atom is 0.229 e. The van der Waals surface area contributed by atoms with Crippen molar-refractivity contribution in [2.75, 3.05) is 6.73 Å². The molecule has 58 valence electrons. The number of aliphatic hydroxyl groups excluding tert-OH is 1. The first-order valence-corrected chi connectivity index (χ1v) is 3.57. The molecule has 0 saturated carbocycles. The van der Waals surface area contributed by atoms with Crippen LogP contribution in [0.15, 0.2) is 0 Å². The molecule has 0 aliphatic heterocycles. The van der Waals surface area contributed by atoms with Gasteiger partial charge in [-0.1, -0.05) is 19.1 Å².